The molecule has 0 aliphatic carbocycles. The molecule has 2 aliphatic rings. The molecule has 1 saturated heterocycles. The van der Waals surface area contributed by atoms with Gasteiger partial charge >= 0.3 is 0 Å². The number of rotatable bonds is 4. The van der Waals surface area contributed by atoms with Crippen LogP contribution in [0.1, 0.15) is 18.9 Å². The van der Waals surface area contributed by atoms with E-state index in [9.17, 15) is 14.7 Å². The molecule has 7 heteroatoms. The second-order valence-corrected chi connectivity index (χ2v) is 13.4. The first-order chi connectivity index (χ1) is 13.7. The van der Waals surface area contributed by atoms with Crippen LogP contribution < -0.4 is 4.90 Å². The molecular weight excluding hydrogens is 450 g/mol. The molecule has 2 aromatic rings. The Balaban J connectivity index is 1.92. The minimum atomic E-state index is -2.67. The molecule has 1 fully saturated rings. The SMILES string of the molecule is C[C@H]1[C@H]([Si](C)(C)O)[C@@H](CCO)O[C@]12C(=O)N(c1ccccc1)c1ccc(Br)cc12. The maximum Gasteiger partial charge on any atom is 0.268 e. The molecule has 4 atom stereocenters. The molecule has 1 amide bonds. The second kappa shape index (κ2) is 7.32. The van der Waals surface area contributed by atoms with Crippen molar-refractivity contribution in [3.8, 4) is 0 Å². The highest BCUT2D eigenvalue weighted by Gasteiger charge is 2.66. The number of para-hydroxylation sites is 1. The number of fused-ring (bicyclic) bond motifs is 2. The van der Waals surface area contributed by atoms with E-state index in [0.29, 0.717) is 6.42 Å². The number of nitrogens with zero attached hydrogens (tertiary/aromatic N) is 1. The fourth-order valence-electron chi connectivity index (χ4n) is 5.21. The highest BCUT2D eigenvalue weighted by atomic mass is 79.9. The molecule has 154 valence electrons. The molecule has 0 radical (unpaired) electrons. The van der Waals surface area contributed by atoms with Crippen LogP contribution in [-0.4, -0.2) is 36.8 Å². The van der Waals surface area contributed by atoms with Gasteiger partial charge in [0.2, 0.25) is 0 Å². The molecule has 0 bridgehead atoms. The summed E-state index contributed by atoms with van der Waals surface area (Å²) in [4.78, 5) is 26.8. The van der Waals surface area contributed by atoms with Gasteiger partial charge in [-0.15, -0.1) is 0 Å². The molecule has 5 nitrogen and oxygen atoms in total. The van der Waals surface area contributed by atoms with E-state index < -0.39 is 13.9 Å². The van der Waals surface area contributed by atoms with E-state index in [1.54, 1.807) is 4.90 Å². The topological polar surface area (TPSA) is 70.0 Å². The molecule has 2 aromatic carbocycles. The summed E-state index contributed by atoms with van der Waals surface area (Å²) in [5.41, 5.74) is 1.07. The van der Waals surface area contributed by atoms with Gasteiger partial charge in [-0.1, -0.05) is 41.1 Å². The number of halogens is 1. The second-order valence-electron chi connectivity index (χ2n) is 8.51. The zero-order chi connectivity index (χ0) is 21.0. The van der Waals surface area contributed by atoms with Gasteiger partial charge in [-0.3, -0.25) is 9.69 Å². The summed E-state index contributed by atoms with van der Waals surface area (Å²) in [7, 11) is -2.67. The largest absolute Gasteiger partial charge is 0.432 e. The van der Waals surface area contributed by atoms with E-state index in [1.165, 1.54) is 0 Å². The van der Waals surface area contributed by atoms with Crippen molar-refractivity contribution in [3.05, 3.63) is 58.6 Å². The average molecular weight is 476 g/mol. The number of carbonyl (C=O) groups excluding carboxylic acids is 1. The fraction of sp³-hybridized carbons (Fsp3) is 0.409. The molecule has 2 heterocycles. The highest BCUT2D eigenvalue weighted by Crippen LogP contribution is 2.60. The van der Waals surface area contributed by atoms with Gasteiger partial charge in [-0.25, -0.2) is 0 Å². The third-order valence-electron chi connectivity index (χ3n) is 6.28. The molecule has 2 aliphatic heterocycles. The molecular formula is C22H26BrNO4Si. The number of anilines is 2. The van der Waals surface area contributed by atoms with Gasteiger partial charge in [-0.05, 0) is 49.8 Å². The van der Waals surface area contributed by atoms with Crippen molar-refractivity contribution in [1.82, 2.24) is 0 Å². The van der Waals surface area contributed by atoms with Gasteiger partial charge in [0.05, 0.1) is 11.8 Å². The zero-order valence-corrected chi connectivity index (χ0v) is 19.4. The Morgan fingerprint density at radius 1 is 1.21 bits per heavy atom. The zero-order valence-electron chi connectivity index (χ0n) is 16.8. The van der Waals surface area contributed by atoms with Gasteiger partial charge in [0.1, 0.15) is 0 Å². The maximum atomic E-state index is 14.0. The van der Waals surface area contributed by atoms with Crippen LogP contribution in [-0.2, 0) is 15.1 Å². The van der Waals surface area contributed by atoms with Crippen molar-refractivity contribution < 1.29 is 19.4 Å². The lowest BCUT2D eigenvalue weighted by molar-refractivity contribution is -0.145. The van der Waals surface area contributed by atoms with Crippen LogP contribution in [0.25, 0.3) is 0 Å². The first kappa shape index (κ1) is 20.7. The molecule has 1 spiro atoms. The monoisotopic (exact) mass is 475 g/mol. The van der Waals surface area contributed by atoms with Crippen molar-refractivity contribution in [2.75, 3.05) is 11.5 Å². The van der Waals surface area contributed by atoms with E-state index in [4.69, 9.17) is 4.74 Å². The Labute approximate surface area is 180 Å². The summed E-state index contributed by atoms with van der Waals surface area (Å²) in [6, 6.07) is 15.4. The molecule has 0 saturated carbocycles. The number of benzene rings is 2. The number of carbonyl (C=O) groups is 1. The first-order valence-electron chi connectivity index (χ1n) is 9.92. The van der Waals surface area contributed by atoms with Crippen molar-refractivity contribution in [2.45, 2.75) is 43.7 Å². The Hall–Kier alpha value is -1.51. The van der Waals surface area contributed by atoms with Crippen LogP contribution in [0.2, 0.25) is 18.6 Å². The predicted octanol–water partition coefficient (Wildman–Crippen LogP) is 4.31. The molecule has 29 heavy (non-hydrogen) atoms. The normalized spacial score (nSPS) is 29.0. The Morgan fingerprint density at radius 3 is 2.52 bits per heavy atom. The first-order valence-corrected chi connectivity index (χ1v) is 13.7. The van der Waals surface area contributed by atoms with E-state index >= 15 is 0 Å². The third-order valence-corrected chi connectivity index (χ3v) is 9.28. The third kappa shape index (κ3) is 3.11. The minimum absolute atomic E-state index is 0.0453. The Kier molecular flexibility index (Phi) is 5.24. The van der Waals surface area contributed by atoms with Crippen LogP contribution in [0, 0.1) is 5.92 Å². The lowest BCUT2D eigenvalue weighted by Crippen LogP contribution is -2.45. The molecule has 0 aromatic heterocycles. The minimum Gasteiger partial charge on any atom is -0.432 e. The van der Waals surface area contributed by atoms with Crippen molar-refractivity contribution in [3.63, 3.8) is 0 Å². The number of aliphatic hydroxyl groups excluding tert-OH is 1. The molecule has 2 N–H and O–H groups in total. The van der Waals surface area contributed by atoms with E-state index in [2.05, 4.69) is 15.9 Å². The summed E-state index contributed by atoms with van der Waals surface area (Å²) in [6.07, 6.45) is 0.0311. The van der Waals surface area contributed by atoms with Gasteiger partial charge in [0.25, 0.3) is 5.91 Å². The van der Waals surface area contributed by atoms with E-state index in [-0.39, 0.29) is 30.1 Å². The fourth-order valence-corrected chi connectivity index (χ4v) is 8.17. The lowest BCUT2D eigenvalue weighted by atomic mass is 9.82. The van der Waals surface area contributed by atoms with Gasteiger partial charge in [0.15, 0.2) is 13.9 Å². The quantitative estimate of drug-likeness (QED) is 0.646. The number of aliphatic hydroxyl groups is 1. The summed E-state index contributed by atoms with van der Waals surface area (Å²) >= 11 is 3.55. The van der Waals surface area contributed by atoms with Gasteiger partial charge < -0.3 is 14.6 Å². The number of hydrogen-bond donors (Lipinski definition) is 2. The van der Waals surface area contributed by atoms with E-state index in [1.807, 2.05) is 68.5 Å². The number of amides is 1. The number of ether oxygens (including phenoxy) is 1. The van der Waals surface area contributed by atoms with Crippen LogP contribution in [0.4, 0.5) is 11.4 Å². The summed E-state index contributed by atoms with van der Waals surface area (Å²) in [5, 5.41) is 9.61. The molecule has 4 rings (SSSR count). The van der Waals surface area contributed by atoms with Crippen LogP contribution >= 0.6 is 15.9 Å². The smallest absolute Gasteiger partial charge is 0.268 e. The van der Waals surface area contributed by atoms with Crippen LogP contribution in [0.5, 0.6) is 0 Å². The lowest BCUT2D eigenvalue weighted by Gasteiger charge is -2.32. The van der Waals surface area contributed by atoms with Crippen LogP contribution in [0.3, 0.4) is 0 Å². The standard InChI is InChI=1S/C22H26BrNO4Si/c1-14-20(29(2,3)27)19(11-12-25)28-22(14)17-13-15(23)9-10-18(17)24(21(22)26)16-7-5-4-6-8-16/h4-10,13-14,19-20,25,27H,11-12H2,1-3H3/t14-,19+,20-,22+/m0/s1. The predicted molar refractivity (Wildman–Crippen MR) is 119 cm³/mol. The van der Waals surface area contributed by atoms with Gasteiger partial charge in [-0.2, -0.15) is 0 Å². The number of hydrogen-bond acceptors (Lipinski definition) is 4. The Bertz CT molecular complexity index is 932. The maximum absolute atomic E-state index is 14.0. The van der Waals surface area contributed by atoms with Crippen molar-refractivity contribution in [1.29, 1.82) is 0 Å². The van der Waals surface area contributed by atoms with Crippen molar-refractivity contribution in [2.24, 2.45) is 5.92 Å². The highest BCUT2D eigenvalue weighted by molar-refractivity contribution is 9.10. The van der Waals surface area contributed by atoms with Crippen LogP contribution in [0.15, 0.2) is 53.0 Å². The van der Waals surface area contributed by atoms with E-state index in [0.717, 1.165) is 21.4 Å². The summed E-state index contributed by atoms with van der Waals surface area (Å²) in [5.74, 6) is -0.354. The summed E-state index contributed by atoms with van der Waals surface area (Å²) < 4.78 is 7.42. The van der Waals surface area contributed by atoms with Gasteiger partial charge in [0, 0.05) is 33.8 Å². The molecule has 0 unspecified atom stereocenters. The Morgan fingerprint density at radius 2 is 1.90 bits per heavy atom. The van der Waals surface area contributed by atoms with Crippen molar-refractivity contribution >= 4 is 41.5 Å². The average Bonchev–Trinajstić information content (AvgIpc) is 3.09. The summed E-state index contributed by atoms with van der Waals surface area (Å²) in [6.45, 7) is 5.73.